The number of carbonyl (C=O) groups excluding carboxylic acids is 1. The van der Waals surface area contributed by atoms with Gasteiger partial charge in [0.1, 0.15) is 5.69 Å². The molecule has 2 aliphatic rings. The fourth-order valence-corrected chi connectivity index (χ4v) is 4.05. The van der Waals surface area contributed by atoms with E-state index in [-0.39, 0.29) is 35.9 Å². The van der Waals surface area contributed by atoms with Gasteiger partial charge >= 0.3 is 5.69 Å². The first-order valence-electron chi connectivity index (χ1n) is 7.73. The number of nitrogens with two attached hydrogens (primary N) is 1. The maximum atomic E-state index is 12.4. The van der Waals surface area contributed by atoms with Crippen molar-refractivity contribution in [2.24, 2.45) is 17.6 Å². The van der Waals surface area contributed by atoms with Crippen molar-refractivity contribution in [1.82, 2.24) is 15.5 Å². The summed E-state index contributed by atoms with van der Waals surface area (Å²) in [6.45, 7) is 1.54. The second kappa shape index (κ2) is 6.84. The molecular formula is C14H22ClN5O3. The average molecular weight is 344 g/mol. The number of nitro groups is 1. The van der Waals surface area contributed by atoms with Gasteiger partial charge in [0, 0.05) is 12.1 Å². The lowest BCUT2D eigenvalue weighted by Gasteiger charge is -2.45. The van der Waals surface area contributed by atoms with Gasteiger partial charge in [-0.15, -0.1) is 12.4 Å². The van der Waals surface area contributed by atoms with Crippen molar-refractivity contribution >= 4 is 24.0 Å². The van der Waals surface area contributed by atoms with Crippen LogP contribution in [0.15, 0.2) is 0 Å². The van der Waals surface area contributed by atoms with Crippen LogP contribution in [0.2, 0.25) is 0 Å². The van der Waals surface area contributed by atoms with Crippen LogP contribution in [0.25, 0.3) is 0 Å². The van der Waals surface area contributed by atoms with Gasteiger partial charge in [0.15, 0.2) is 0 Å². The molecule has 0 aliphatic heterocycles. The van der Waals surface area contributed by atoms with Gasteiger partial charge in [0.25, 0.3) is 5.91 Å². The summed E-state index contributed by atoms with van der Waals surface area (Å²) in [4.78, 5) is 23.0. The van der Waals surface area contributed by atoms with E-state index in [2.05, 4.69) is 15.5 Å². The van der Waals surface area contributed by atoms with Gasteiger partial charge in [-0.3, -0.25) is 20.0 Å². The molecule has 1 aromatic heterocycles. The van der Waals surface area contributed by atoms with Crippen molar-refractivity contribution in [3.05, 3.63) is 21.5 Å². The highest BCUT2D eigenvalue weighted by Gasteiger charge is 2.41. The third-order valence-electron chi connectivity index (χ3n) is 4.99. The summed E-state index contributed by atoms with van der Waals surface area (Å²) in [6, 6.07) is 0.253. The lowest BCUT2D eigenvalue weighted by Crippen LogP contribution is -2.53. The van der Waals surface area contributed by atoms with E-state index in [4.69, 9.17) is 5.73 Å². The Morgan fingerprint density at radius 2 is 2.00 bits per heavy atom. The molecule has 3 rings (SSSR count). The predicted molar refractivity (Wildman–Crippen MR) is 86.5 cm³/mol. The van der Waals surface area contributed by atoms with Crippen molar-refractivity contribution in [3.63, 3.8) is 0 Å². The SMILES string of the molecule is Cc1[nH]nc(C(=O)NC2C3CCCC2CC(N)C3)c1[N+](=O)[O-].Cl. The minimum Gasteiger partial charge on any atom is -0.347 e. The molecule has 2 bridgehead atoms. The Morgan fingerprint density at radius 3 is 2.57 bits per heavy atom. The number of aromatic nitrogens is 2. The Labute approximate surface area is 140 Å². The zero-order chi connectivity index (χ0) is 15.9. The highest BCUT2D eigenvalue weighted by molar-refractivity contribution is 5.96. The van der Waals surface area contributed by atoms with Crippen LogP contribution >= 0.6 is 12.4 Å². The van der Waals surface area contributed by atoms with E-state index in [1.165, 1.54) is 6.92 Å². The quantitative estimate of drug-likeness (QED) is 0.568. The molecule has 8 nitrogen and oxygen atoms in total. The van der Waals surface area contributed by atoms with Crippen LogP contribution in [0.1, 0.15) is 48.3 Å². The zero-order valence-electron chi connectivity index (χ0n) is 12.9. The summed E-state index contributed by atoms with van der Waals surface area (Å²) in [6.07, 6.45) is 5.08. The average Bonchev–Trinajstić information content (AvgIpc) is 2.82. The number of hydrogen-bond donors (Lipinski definition) is 3. The first-order valence-corrected chi connectivity index (χ1v) is 7.73. The maximum Gasteiger partial charge on any atom is 0.322 e. The predicted octanol–water partition coefficient (Wildman–Crippen LogP) is 1.68. The molecule has 1 aromatic rings. The first-order chi connectivity index (χ1) is 10.5. The van der Waals surface area contributed by atoms with Crippen molar-refractivity contribution in [1.29, 1.82) is 0 Å². The number of nitrogens with zero attached hydrogens (tertiary/aromatic N) is 2. The fourth-order valence-electron chi connectivity index (χ4n) is 4.05. The molecule has 1 amide bonds. The van der Waals surface area contributed by atoms with Crippen molar-refractivity contribution in [2.45, 2.75) is 51.1 Å². The molecule has 128 valence electrons. The second-order valence-corrected chi connectivity index (χ2v) is 6.48. The van der Waals surface area contributed by atoms with Crippen LogP contribution in [-0.2, 0) is 0 Å². The monoisotopic (exact) mass is 343 g/mol. The fraction of sp³-hybridized carbons (Fsp3) is 0.714. The van der Waals surface area contributed by atoms with E-state index in [0.717, 1.165) is 32.1 Å². The third kappa shape index (κ3) is 3.32. The van der Waals surface area contributed by atoms with E-state index >= 15 is 0 Å². The minimum atomic E-state index is -0.564. The molecule has 2 saturated carbocycles. The highest BCUT2D eigenvalue weighted by atomic mass is 35.5. The molecule has 4 N–H and O–H groups in total. The van der Waals surface area contributed by atoms with Gasteiger partial charge in [-0.2, -0.15) is 5.10 Å². The molecule has 1 heterocycles. The molecule has 2 atom stereocenters. The number of hydrogen-bond acceptors (Lipinski definition) is 5. The van der Waals surface area contributed by atoms with E-state index in [9.17, 15) is 14.9 Å². The van der Waals surface area contributed by atoms with Crippen molar-refractivity contribution in [2.75, 3.05) is 0 Å². The van der Waals surface area contributed by atoms with Crippen LogP contribution in [0.3, 0.4) is 0 Å². The van der Waals surface area contributed by atoms with Crippen LogP contribution in [-0.4, -0.2) is 33.1 Å². The number of aromatic amines is 1. The smallest absolute Gasteiger partial charge is 0.322 e. The second-order valence-electron chi connectivity index (χ2n) is 6.48. The third-order valence-corrected chi connectivity index (χ3v) is 4.99. The molecular weight excluding hydrogens is 322 g/mol. The standard InChI is InChI=1S/C14H21N5O3.ClH/c1-7-13(19(21)22)12(18-17-7)14(20)16-11-8-3-2-4-9(11)6-10(15)5-8;/h8-11H,2-6,15H2,1H3,(H,16,20)(H,17,18);1H. The van der Waals surface area contributed by atoms with Gasteiger partial charge in [-0.1, -0.05) is 6.42 Å². The Hall–Kier alpha value is -1.67. The van der Waals surface area contributed by atoms with E-state index < -0.39 is 10.8 Å². The summed E-state index contributed by atoms with van der Waals surface area (Å²) in [5, 5.41) is 20.4. The normalized spacial score (nSPS) is 29.5. The molecule has 0 aromatic carbocycles. The molecule has 2 unspecified atom stereocenters. The van der Waals surface area contributed by atoms with E-state index in [0.29, 0.717) is 17.5 Å². The largest absolute Gasteiger partial charge is 0.347 e. The lowest BCUT2D eigenvalue weighted by atomic mass is 9.67. The van der Waals surface area contributed by atoms with Crippen molar-refractivity contribution < 1.29 is 9.72 Å². The zero-order valence-corrected chi connectivity index (χ0v) is 13.8. The molecule has 0 saturated heterocycles. The molecule has 0 radical (unpaired) electrons. The topological polar surface area (TPSA) is 127 Å². The first kappa shape index (κ1) is 17.7. The summed E-state index contributed by atoms with van der Waals surface area (Å²) in [5.74, 6) is 0.268. The summed E-state index contributed by atoms with van der Waals surface area (Å²) >= 11 is 0. The molecule has 9 heteroatoms. The molecule has 0 spiro atoms. The van der Waals surface area contributed by atoms with Crippen LogP contribution < -0.4 is 11.1 Å². The number of fused-ring (bicyclic) bond motifs is 2. The highest BCUT2D eigenvalue weighted by Crippen LogP contribution is 2.39. The molecule has 2 fully saturated rings. The number of H-pyrrole nitrogens is 1. The molecule has 2 aliphatic carbocycles. The number of aryl methyl sites for hydroxylation is 1. The van der Waals surface area contributed by atoms with Crippen LogP contribution in [0.5, 0.6) is 0 Å². The molecule has 23 heavy (non-hydrogen) atoms. The Kier molecular flexibility index (Phi) is 5.26. The number of carbonyl (C=O) groups is 1. The van der Waals surface area contributed by atoms with Gasteiger partial charge < -0.3 is 11.1 Å². The lowest BCUT2D eigenvalue weighted by molar-refractivity contribution is -0.385. The van der Waals surface area contributed by atoms with Crippen LogP contribution in [0, 0.1) is 28.9 Å². The minimum absolute atomic E-state index is 0. The van der Waals surface area contributed by atoms with E-state index in [1.54, 1.807) is 0 Å². The Morgan fingerprint density at radius 1 is 1.39 bits per heavy atom. The van der Waals surface area contributed by atoms with Crippen LogP contribution in [0.4, 0.5) is 5.69 Å². The number of rotatable bonds is 3. The summed E-state index contributed by atoms with van der Waals surface area (Å²) in [7, 11) is 0. The number of amides is 1. The summed E-state index contributed by atoms with van der Waals surface area (Å²) in [5.41, 5.74) is 6.00. The van der Waals surface area contributed by atoms with Gasteiger partial charge in [0.2, 0.25) is 5.69 Å². The number of halogens is 1. The van der Waals surface area contributed by atoms with Gasteiger partial charge in [-0.05, 0) is 44.4 Å². The Balaban J connectivity index is 0.00000192. The Bertz CT molecular complexity index is 591. The van der Waals surface area contributed by atoms with Gasteiger partial charge in [0.05, 0.1) is 4.92 Å². The number of nitrogens with one attached hydrogen (secondary N) is 2. The van der Waals surface area contributed by atoms with E-state index in [1.807, 2.05) is 0 Å². The van der Waals surface area contributed by atoms with Crippen molar-refractivity contribution in [3.8, 4) is 0 Å². The maximum absolute atomic E-state index is 12.4. The van der Waals surface area contributed by atoms with Gasteiger partial charge in [-0.25, -0.2) is 0 Å². The summed E-state index contributed by atoms with van der Waals surface area (Å²) < 4.78 is 0.